The highest BCUT2D eigenvalue weighted by Crippen LogP contribution is 2.20. The summed E-state index contributed by atoms with van der Waals surface area (Å²) in [6, 6.07) is 3.00. The van der Waals surface area contributed by atoms with Crippen molar-refractivity contribution in [3.05, 3.63) is 65.9 Å². The second-order valence-corrected chi connectivity index (χ2v) is 17.7. The molecule has 0 spiro atoms. The minimum Gasteiger partial charge on any atom is -0.481 e. The number of para-hydroxylation sites is 1. The van der Waals surface area contributed by atoms with Crippen molar-refractivity contribution in [2.24, 2.45) is 5.73 Å². The van der Waals surface area contributed by atoms with Gasteiger partial charge in [0.2, 0.25) is 35.4 Å². The van der Waals surface area contributed by atoms with Crippen LogP contribution in [-0.4, -0.2) is 153 Å². The second-order valence-electron chi connectivity index (χ2n) is 14.7. The molecule has 0 aliphatic heterocycles. The number of amides is 6. The van der Waals surface area contributed by atoms with E-state index in [-0.39, 0.29) is 31.4 Å². The van der Waals surface area contributed by atoms with Crippen molar-refractivity contribution in [1.82, 2.24) is 36.9 Å². The van der Waals surface area contributed by atoms with E-state index in [4.69, 9.17) is 20.5 Å². The predicted octanol–water partition coefficient (Wildman–Crippen LogP) is -1.46. The number of fused-ring (bicyclic) bond motifs is 1. The lowest BCUT2D eigenvalue weighted by molar-refractivity contribution is -0.147. The zero-order valence-corrected chi connectivity index (χ0v) is 38.5. The summed E-state index contributed by atoms with van der Waals surface area (Å²) in [7, 11) is -4.86. The van der Waals surface area contributed by atoms with Crippen molar-refractivity contribution in [1.29, 1.82) is 0 Å². The summed E-state index contributed by atoms with van der Waals surface area (Å²) < 4.78 is 35.6. The monoisotopic (exact) mass is 996 g/mol. The van der Waals surface area contributed by atoms with E-state index in [9.17, 15) is 56.7 Å². The average Bonchev–Trinajstić information content (AvgIpc) is 3.66. The van der Waals surface area contributed by atoms with Crippen LogP contribution in [0.3, 0.4) is 0 Å². The Morgan fingerprint density at radius 1 is 0.672 bits per heavy atom. The number of aromatic amines is 1. The van der Waals surface area contributed by atoms with Gasteiger partial charge in [0.15, 0.2) is 0 Å². The Morgan fingerprint density at radius 2 is 1.19 bits per heavy atom. The van der Waals surface area contributed by atoms with Crippen molar-refractivity contribution in [2.75, 3.05) is 30.6 Å². The van der Waals surface area contributed by atoms with Crippen LogP contribution in [0, 0.1) is 0 Å². The van der Waals surface area contributed by atoms with E-state index in [0.29, 0.717) is 33.5 Å². The number of carboxylic acid groups (broad SMARTS) is 3. The molecule has 1 aromatic heterocycles. The van der Waals surface area contributed by atoms with E-state index in [2.05, 4.69) is 41.1 Å². The molecule has 3 aromatic rings. The van der Waals surface area contributed by atoms with Crippen LogP contribution in [0.5, 0.6) is 5.75 Å². The van der Waals surface area contributed by atoms with E-state index < -0.39 is 119 Å². The van der Waals surface area contributed by atoms with Gasteiger partial charge in [-0.3, -0.25) is 42.9 Å². The zero-order chi connectivity index (χ0) is 49.8. The number of carboxylic acids is 3. The Balaban J connectivity index is 1.83. The number of nitrogens with two attached hydrogens (primary N) is 1. The van der Waals surface area contributed by atoms with Crippen LogP contribution in [-0.2, 0) is 66.4 Å². The molecule has 0 saturated heterocycles. The third kappa shape index (κ3) is 19.1. The topological polar surface area (TPSA) is 392 Å². The van der Waals surface area contributed by atoms with Gasteiger partial charge in [-0.1, -0.05) is 30.3 Å². The summed E-state index contributed by atoms with van der Waals surface area (Å²) in [4.78, 5) is 118. The van der Waals surface area contributed by atoms with Crippen LogP contribution < -0.4 is 41.8 Å². The number of benzene rings is 2. The van der Waals surface area contributed by atoms with E-state index in [1.165, 1.54) is 35.7 Å². The third-order valence-electron chi connectivity index (χ3n) is 9.58. The van der Waals surface area contributed by atoms with Crippen LogP contribution in [0.15, 0.2) is 54.7 Å². The van der Waals surface area contributed by atoms with Crippen molar-refractivity contribution >= 4 is 98.2 Å². The first-order chi connectivity index (χ1) is 31.6. The number of nitrogens with one attached hydrogen (secondary N) is 7. The fourth-order valence-corrected chi connectivity index (χ4v) is 7.57. The van der Waals surface area contributed by atoms with Crippen molar-refractivity contribution < 1.29 is 75.6 Å². The Bertz CT molecular complexity index is 2370. The lowest BCUT2D eigenvalue weighted by Crippen LogP contribution is -2.58. The lowest BCUT2D eigenvalue weighted by Gasteiger charge is -2.25. The molecule has 0 aliphatic rings. The van der Waals surface area contributed by atoms with Gasteiger partial charge in [-0.25, -0.2) is 4.79 Å². The van der Waals surface area contributed by atoms with Crippen LogP contribution in [0.2, 0.25) is 0 Å². The SMILES string of the molecule is CSCC[C@H](NC(=O)[C@H](Cc1ccc(OS(=O)(=O)O)cc1)NC(=O)[C@@H](N)CC(=O)O)C(=O)NCC(=O)N[C@@H](Cc1c[nH]c2ccccc12)C(=O)N[C@@H](CCSC)C(=O)N[C@@H](CC(=O)O)C(=O)O. The molecule has 0 bridgehead atoms. The molecule has 0 radical (unpaired) electrons. The fourth-order valence-electron chi connectivity index (χ4n) is 6.27. The molecule has 3 rings (SSSR count). The van der Waals surface area contributed by atoms with Crippen LogP contribution in [0.1, 0.15) is 36.8 Å². The molecule has 0 unspecified atom stereocenters. The zero-order valence-electron chi connectivity index (χ0n) is 36.0. The van der Waals surface area contributed by atoms with Gasteiger partial charge in [0, 0.05) is 29.9 Å². The Kier molecular flexibility index (Phi) is 21.8. The maximum atomic E-state index is 14.0. The van der Waals surface area contributed by atoms with Gasteiger partial charge < -0.3 is 62.1 Å². The quantitative estimate of drug-likeness (QED) is 0.0354. The van der Waals surface area contributed by atoms with Gasteiger partial charge in [0.05, 0.1) is 25.4 Å². The molecule has 6 atom stereocenters. The average molecular weight is 997 g/mol. The standard InChI is InChI=1S/C40H52N8O16S3/c1-65-13-11-27(45-38(57)29(47-35(54)25(41)17-33(50)51)15-21-7-9-23(10-8-21)64-67(61,62)63)36(55)43-20-32(49)44-30(16-22-19-42-26-6-4-3-5-24(22)26)39(58)46-28(12-14-66-2)37(56)48-31(40(59)60)18-34(52)53/h3-10,19,25,27-31,42H,11-18,20,41H2,1-2H3,(H,43,55)(H,44,49)(H,45,57)(H,46,58)(H,47,54)(H,48,56)(H,50,51)(H,52,53)(H,59,60)(H,61,62,63)/t25-,27-,28-,29-,30-,31-/m0/s1. The number of hydrogen-bond donors (Lipinski definition) is 12. The summed E-state index contributed by atoms with van der Waals surface area (Å²) in [5.74, 6) is -9.75. The molecule has 1 heterocycles. The minimum atomic E-state index is -4.86. The minimum absolute atomic E-state index is 0.00150. The Labute approximate surface area is 392 Å². The molecule has 0 fully saturated rings. The third-order valence-corrected chi connectivity index (χ3v) is 11.3. The number of thioether (sulfide) groups is 2. The number of aromatic nitrogens is 1. The van der Waals surface area contributed by atoms with Crippen LogP contribution >= 0.6 is 23.5 Å². The molecule has 24 nitrogen and oxygen atoms in total. The van der Waals surface area contributed by atoms with E-state index >= 15 is 0 Å². The van der Waals surface area contributed by atoms with Crippen molar-refractivity contribution in [3.63, 3.8) is 0 Å². The maximum Gasteiger partial charge on any atom is 0.446 e. The second kappa shape index (κ2) is 26.7. The summed E-state index contributed by atoms with van der Waals surface area (Å²) in [6.45, 7) is -0.740. The fraction of sp³-hybridized carbons (Fsp3) is 0.425. The van der Waals surface area contributed by atoms with E-state index in [0.717, 1.165) is 12.1 Å². The molecule has 2 aromatic carbocycles. The normalized spacial score (nSPS) is 13.9. The number of rotatable bonds is 29. The smallest absolute Gasteiger partial charge is 0.446 e. The van der Waals surface area contributed by atoms with Gasteiger partial charge in [0.1, 0.15) is 36.0 Å². The van der Waals surface area contributed by atoms with Gasteiger partial charge in [-0.05, 0) is 66.2 Å². The highest BCUT2D eigenvalue weighted by molar-refractivity contribution is 7.98. The highest BCUT2D eigenvalue weighted by Gasteiger charge is 2.32. The van der Waals surface area contributed by atoms with E-state index in [1.807, 2.05) is 0 Å². The van der Waals surface area contributed by atoms with Crippen molar-refractivity contribution in [3.8, 4) is 5.75 Å². The molecule has 27 heteroatoms. The van der Waals surface area contributed by atoms with Crippen LogP contribution in [0.25, 0.3) is 10.9 Å². The molecular weight excluding hydrogens is 945 g/mol. The van der Waals surface area contributed by atoms with Gasteiger partial charge in [-0.2, -0.15) is 31.9 Å². The Morgan fingerprint density at radius 3 is 1.75 bits per heavy atom. The van der Waals surface area contributed by atoms with Gasteiger partial charge in [0.25, 0.3) is 0 Å². The molecule has 0 aliphatic carbocycles. The first kappa shape index (κ1) is 54.9. The van der Waals surface area contributed by atoms with Gasteiger partial charge >= 0.3 is 28.3 Å². The summed E-state index contributed by atoms with van der Waals surface area (Å²) >= 11 is 2.62. The number of hydrogen-bond acceptors (Lipinski definition) is 15. The number of aliphatic carboxylic acids is 3. The molecule has 6 amide bonds. The van der Waals surface area contributed by atoms with E-state index in [1.54, 1.807) is 43.0 Å². The number of carbonyl (C=O) groups is 9. The molecule has 366 valence electrons. The van der Waals surface area contributed by atoms with Gasteiger partial charge in [-0.15, -0.1) is 0 Å². The first-order valence-corrected chi connectivity index (χ1v) is 24.2. The molecule has 13 N–H and O–H groups in total. The number of H-pyrrole nitrogens is 1. The molecular formula is C40H52N8O16S3. The predicted molar refractivity (Wildman–Crippen MR) is 243 cm³/mol. The lowest BCUT2D eigenvalue weighted by atomic mass is 10.0. The first-order valence-electron chi connectivity index (χ1n) is 20.1. The van der Waals surface area contributed by atoms with Crippen LogP contribution in [0.4, 0.5) is 0 Å². The summed E-state index contributed by atoms with van der Waals surface area (Å²) in [5.41, 5.74) is 7.31. The highest BCUT2D eigenvalue weighted by atomic mass is 32.3. The maximum absolute atomic E-state index is 14.0. The molecule has 0 saturated carbocycles. The summed E-state index contributed by atoms with van der Waals surface area (Å²) in [5, 5.41) is 43.0. The number of carbonyl (C=O) groups excluding carboxylic acids is 6. The Hall–Kier alpha value is -6.42. The molecule has 67 heavy (non-hydrogen) atoms. The van der Waals surface area contributed by atoms with Crippen molar-refractivity contribution in [2.45, 2.75) is 74.8 Å². The largest absolute Gasteiger partial charge is 0.481 e. The summed E-state index contributed by atoms with van der Waals surface area (Å²) in [6.07, 6.45) is 2.88.